The number of aromatic nitrogens is 1. The van der Waals surface area contributed by atoms with Crippen molar-refractivity contribution in [2.24, 2.45) is 0 Å². The SMILES string of the molecule is CN(CC(F)F)c1nc(CCl)cs1. The average Bonchev–Trinajstić information content (AvgIpc) is 2.50. The van der Waals surface area contributed by atoms with E-state index in [2.05, 4.69) is 4.98 Å². The van der Waals surface area contributed by atoms with Crippen molar-refractivity contribution in [3.05, 3.63) is 11.1 Å². The highest BCUT2D eigenvalue weighted by molar-refractivity contribution is 7.13. The van der Waals surface area contributed by atoms with E-state index in [4.69, 9.17) is 11.6 Å². The van der Waals surface area contributed by atoms with Gasteiger partial charge in [-0.1, -0.05) is 0 Å². The fourth-order valence-electron chi connectivity index (χ4n) is 0.818. The highest BCUT2D eigenvalue weighted by Gasteiger charge is 2.11. The maximum absolute atomic E-state index is 12.0. The second kappa shape index (κ2) is 4.72. The summed E-state index contributed by atoms with van der Waals surface area (Å²) in [5, 5.41) is 2.35. The Balaban J connectivity index is 2.60. The minimum Gasteiger partial charge on any atom is -0.345 e. The maximum atomic E-state index is 12.0. The van der Waals surface area contributed by atoms with Crippen molar-refractivity contribution in [1.29, 1.82) is 0 Å². The third kappa shape index (κ3) is 3.08. The summed E-state index contributed by atoms with van der Waals surface area (Å²) in [6.45, 7) is -0.296. The molecule has 0 aliphatic rings. The lowest BCUT2D eigenvalue weighted by Crippen LogP contribution is -2.23. The Morgan fingerprint density at radius 3 is 2.85 bits per heavy atom. The largest absolute Gasteiger partial charge is 0.345 e. The number of rotatable bonds is 4. The molecule has 6 heteroatoms. The Morgan fingerprint density at radius 1 is 1.69 bits per heavy atom. The van der Waals surface area contributed by atoms with Crippen LogP contribution < -0.4 is 4.90 Å². The fourth-order valence-corrected chi connectivity index (χ4v) is 1.85. The van der Waals surface area contributed by atoms with E-state index < -0.39 is 6.43 Å². The van der Waals surface area contributed by atoms with Gasteiger partial charge in [-0.25, -0.2) is 13.8 Å². The van der Waals surface area contributed by atoms with E-state index in [0.29, 0.717) is 11.0 Å². The molecule has 13 heavy (non-hydrogen) atoms. The lowest BCUT2D eigenvalue weighted by molar-refractivity contribution is 0.156. The van der Waals surface area contributed by atoms with Crippen LogP contribution >= 0.6 is 22.9 Å². The Labute approximate surface area is 84.1 Å². The molecule has 0 radical (unpaired) electrons. The van der Waals surface area contributed by atoms with Gasteiger partial charge < -0.3 is 4.90 Å². The number of alkyl halides is 3. The highest BCUT2D eigenvalue weighted by Crippen LogP contribution is 2.20. The number of nitrogens with zero attached hydrogens (tertiary/aromatic N) is 2. The molecule has 2 nitrogen and oxygen atoms in total. The molecule has 0 saturated heterocycles. The van der Waals surface area contributed by atoms with Crippen LogP contribution in [-0.2, 0) is 5.88 Å². The van der Waals surface area contributed by atoms with Crippen molar-refractivity contribution >= 4 is 28.1 Å². The highest BCUT2D eigenvalue weighted by atomic mass is 35.5. The maximum Gasteiger partial charge on any atom is 0.255 e. The number of halogens is 3. The van der Waals surface area contributed by atoms with Gasteiger partial charge in [0.05, 0.1) is 18.1 Å². The van der Waals surface area contributed by atoms with Gasteiger partial charge in [-0.2, -0.15) is 0 Å². The van der Waals surface area contributed by atoms with Gasteiger partial charge in [-0.3, -0.25) is 0 Å². The van der Waals surface area contributed by atoms with Gasteiger partial charge >= 0.3 is 0 Å². The first-order valence-electron chi connectivity index (χ1n) is 3.63. The van der Waals surface area contributed by atoms with E-state index in [-0.39, 0.29) is 6.54 Å². The first-order valence-corrected chi connectivity index (χ1v) is 5.04. The molecule has 0 unspecified atom stereocenters. The summed E-state index contributed by atoms with van der Waals surface area (Å²) in [7, 11) is 1.59. The van der Waals surface area contributed by atoms with Gasteiger partial charge in [0, 0.05) is 12.4 Å². The van der Waals surface area contributed by atoms with E-state index in [0.717, 1.165) is 5.69 Å². The minimum atomic E-state index is -2.34. The van der Waals surface area contributed by atoms with E-state index >= 15 is 0 Å². The molecule has 0 bridgehead atoms. The van der Waals surface area contributed by atoms with Crippen molar-refractivity contribution in [3.8, 4) is 0 Å². The molecule has 74 valence electrons. The van der Waals surface area contributed by atoms with Crippen LogP contribution in [0.5, 0.6) is 0 Å². The van der Waals surface area contributed by atoms with E-state index in [1.54, 1.807) is 12.4 Å². The van der Waals surface area contributed by atoms with Gasteiger partial charge in [0.25, 0.3) is 6.43 Å². The molecule has 0 amide bonds. The lowest BCUT2D eigenvalue weighted by Gasteiger charge is -2.14. The Morgan fingerprint density at radius 2 is 2.38 bits per heavy atom. The monoisotopic (exact) mass is 226 g/mol. The van der Waals surface area contributed by atoms with Crippen LogP contribution in [0.4, 0.5) is 13.9 Å². The van der Waals surface area contributed by atoms with E-state index in [1.807, 2.05) is 0 Å². The topological polar surface area (TPSA) is 16.1 Å². The zero-order valence-corrected chi connectivity index (χ0v) is 8.58. The van der Waals surface area contributed by atoms with Crippen molar-refractivity contribution in [2.45, 2.75) is 12.3 Å². The average molecular weight is 227 g/mol. The molecular weight excluding hydrogens is 218 g/mol. The molecule has 0 fully saturated rings. The number of hydrogen-bond acceptors (Lipinski definition) is 3. The van der Waals surface area contributed by atoms with E-state index in [1.165, 1.54) is 16.2 Å². The summed E-state index contributed by atoms with van der Waals surface area (Å²) in [5.74, 6) is 0.318. The summed E-state index contributed by atoms with van der Waals surface area (Å²) in [4.78, 5) is 5.48. The van der Waals surface area contributed by atoms with E-state index in [9.17, 15) is 8.78 Å². The van der Waals surface area contributed by atoms with Crippen molar-refractivity contribution in [2.75, 3.05) is 18.5 Å². The van der Waals surface area contributed by atoms with Gasteiger partial charge in [-0.05, 0) is 0 Å². The van der Waals surface area contributed by atoms with Gasteiger partial charge in [0.2, 0.25) is 0 Å². The van der Waals surface area contributed by atoms with Crippen LogP contribution in [0.3, 0.4) is 0 Å². The van der Waals surface area contributed by atoms with Crippen molar-refractivity contribution in [1.82, 2.24) is 4.98 Å². The third-order valence-electron chi connectivity index (χ3n) is 1.41. The predicted molar refractivity (Wildman–Crippen MR) is 50.9 cm³/mol. The van der Waals surface area contributed by atoms with Gasteiger partial charge in [0.15, 0.2) is 5.13 Å². The molecule has 0 saturated carbocycles. The lowest BCUT2D eigenvalue weighted by atomic mass is 10.6. The Kier molecular flexibility index (Phi) is 3.87. The van der Waals surface area contributed by atoms with Crippen LogP contribution in [0, 0.1) is 0 Å². The summed E-state index contributed by atoms with van der Waals surface area (Å²) in [6.07, 6.45) is -2.34. The molecule has 0 spiro atoms. The Bertz CT molecular complexity index is 267. The number of thiazole rings is 1. The van der Waals surface area contributed by atoms with Crippen LogP contribution in [0.2, 0.25) is 0 Å². The van der Waals surface area contributed by atoms with Crippen LogP contribution in [0.1, 0.15) is 5.69 Å². The van der Waals surface area contributed by atoms with Crippen LogP contribution in [0.15, 0.2) is 5.38 Å². The quantitative estimate of drug-likeness (QED) is 0.734. The molecular formula is C7H9ClF2N2S. The molecule has 0 aromatic carbocycles. The first kappa shape index (κ1) is 10.7. The smallest absolute Gasteiger partial charge is 0.255 e. The van der Waals surface area contributed by atoms with Gasteiger partial charge in [0.1, 0.15) is 0 Å². The molecule has 0 atom stereocenters. The molecule has 1 aromatic rings. The molecule has 1 aromatic heterocycles. The zero-order valence-electron chi connectivity index (χ0n) is 7.01. The van der Waals surface area contributed by atoms with Crippen LogP contribution in [0.25, 0.3) is 0 Å². The summed E-state index contributed by atoms with van der Waals surface area (Å²) >= 11 is 6.85. The molecule has 1 rings (SSSR count). The number of anilines is 1. The number of hydrogen-bond donors (Lipinski definition) is 0. The fraction of sp³-hybridized carbons (Fsp3) is 0.571. The molecule has 1 heterocycles. The second-order valence-corrected chi connectivity index (χ2v) is 3.63. The summed E-state index contributed by atoms with van der Waals surface area (Å²) in [5.41, 5.74) is 0.725. The molecule has 0 aliphatic carbocycles. The standard InChI is InChI=1S/C7H9ClF2N2S/c1-12(3-6(9)10)7-11-5(2-8)4-13-7/h4,6H,2-3H2,1H3. The summed E-state index contributed by atoms with van der Waals surface area (Å²) in [6, 6.07) is 0. The summed E-state index contributed by atoms with van der Waals surface area (Å²) < 4.78 is 23.9. The predicted octanol–water partition coefficient (Wildman–Crippen LogP) is 2.58. The van der Waals surface area contributed by atoms with Crippen molar-refractivity contribution < 1.29 is 8.78 Å². The van der Waals surface area contributed by atoms with Gasteiger partial charge in [-0.15, -0.1) is 22.9 Å². The normalized spacial score (nSPS) is 10.8. The molecule has 0 aliphatic heterocycles. The molecule has 0 N–H and O–H groups in total. The third-order valence-corrected chi connectivity index (χ3v) is 2.69. The second-order valence-electron chi connectivity index (χ2n) is 2.53. The van der Waals surface area contributed by atoms with Crippen molar-refractivity contribution in [3.63, 3.8) is 0 Å². The minimum absolute atomic E-state index is 0.296. The zero-order chi connectivity index (χ0) is 9.84. The first-order chi connectivity index (χ1) is 6.13. The van der Waals surface area contributed by atoms with Crippen LogP contribution in [-0.4, -0.2) is 25.0 Å². The Hall–Kier alpha value is -0.420.